The normalized spacial score (nSPS) is 40.9. The third-order valence-electron chi connectivity index (χ3n) is 5.85. The number of fused-ring (bicyclic) bond motifs is 1. The highest BCUT2D eigenvalue weighted by molar-refractivity contribution is 7.85. The second-order valence-corrected chi connectivity index (χ2v) is 9.61. The van der Waals surface area contributed by atoms with Crippen molar-refractivity contribution in [1.29, 1.82) is 0 Å². The molecule has 4 saturated carbocycles. The number of aliphatic hydroxyl groups excluding tert-OH is 1. The first-order valence-electron chi connectivity index (χ1n) is 8.35. The Balaban J connectivity index is 1.87. The van der Waals surface area contributed by atoms with E-state index in [9.17, 15) is 36.6 Å². The van der Waals surface area contributed by atoms with Gasteiger partial charge in [-0.25, -0.2) is 0 Å². The van der Waals surface area contributed by atoms with Crippen LogP contribution in [0.2, 0.25) is 0 Å². The van der Waals surface area contributed by atoms with Crippen molar-refractivity contribution in [3.05, 3.63) is 0 Å². The fourth-order valence-corrected chi connectivity index (χ4v) is 5.79. The number of halogens is 3. The summed E-state index contributed by atoms with van der Waals surface area (Å²) in [5, 5.41) is 21.0. The van der Waals surface area contributed by atoms with Gasteiger partial charge >= 0.3 is 12.1 Å². The fourth-order valence-electron chi connectivity index (χ4n) is 5.15. The molecule has 26 heavy (non-hydrogen) atoms. The van der Waals surface area contributed by atoms with Crippen molar-refractivity contribution in [2.45, 2.75) is 62.5 Å². The molecule has 0 saturated heterocycles. The Morgan fingerprint density at radius 2 is 1.88 bits per heavy atom. The van der Waals surface area contributed by atoms with E-state index in [0.29, 0.717) is 12.8 Å². The third-order valence-corrected chi connectivity index (χ3v) is 6.57. The summed E-state index contributed by atoms with van der Waals surface area (Å²) in [4.78, 5) is 12.7. The maximum atomic E-state index is 13.1. The molecule has 4 aliphatic rings. The molecule has 150 valence electrons. The monoisotopic (exact) mass is 402 g/mol. The molecule has 0 amide bonds. The van der Waals surface area contributed by atoms with Gasteiger partial charge in [-0.1, -0.05) is 0 Å². The number of carbonyl (C=O) groups excluding carboxylic acids is 1. The zero-order valence-electron chi connectivity index (χ0n) is 13.8. The molecule has 0 heterocycles. The van der Waals surface area contributed by atoms with Crippen molar-refractivity contribution in [3.63, 3.8) is 0 Å². The zero-order chi connectivity index (χ0) is 19.5. The van der Waals surface area contributed by atoms with E-state index in [4.69, 9.17) is 4.55 Å². The van der Waals surface area contributed by atoms with Gasteiger partial charge in [-0.2, -0.15) is 21.6 Å². The van der Waals surface area contributed by atoms with Gasteiger partial charge in [0.25, 0.3) is 10.1 Å². The number of hydrogen-bond acceptors (Lipinski definition) is 6. The summed E-state index contributed by atoms with van der Waals surface area (Å²) in [5.74, 6) is -3.43. The van der Waals surface area contributed by atoms with E-state index in [-0.39, 0.29) is 37.5 Å². The first kappa shape index (κ1) is 19.8. The molecule has 11 heteroatoms. The molecule has 4 aliphatic carbocycles. The molecule has 3 N–H and O–H groups in total. The number of aliphatic hydroxyl groups is 2. The van der Waals surface area contributed by atoms with Crippen LogP contribution in [-0.4, -0.2) is 58.9 Å². The molecule has 0 aromatic heterocycles. The van der Waals surface area contributed by atoms with Crippen LogP contribution in [0.1, 0.15) is 38.5 Å². The predicted molar refractivity (Wildman–Crippen MR) is 80.4 cm³/mol. The summed E-state index contributed by atoms with van der Waals surface area (Å²) in [7, 11) is -5.03. The average Bonchev–Trinajstić information content (AvgIpc) is 2.55. The number of carbonyl (C=O) groups is 1. The Morgan fingerprint density at radius 3 is 2.42 bits per heavy atom. The van der Waals surface area contributed by atoms with Crippen LogP contribution in [0.4, 0.5) is 13.2 Å². The lowest BCUT2D eigenvalue weighted by atomic mass is 9.59. The molecule has 4 fully saturated rings. The molecule has 0 aliphatic heterocycles. The quantitative estimate of drug-likeness (QED) is 0.475. The van der Waals surface area contributed by atoms with Gasteiger partial charge in [0.05, 0.1) is 17.1 Å². The molecule has 4 rings (SSSR count). The third kappa shape index (κ3) is 3.85. The molecule has 0 aromatic carbocycles. The van der Waals surface area contributed by atoms with Gasteiger partial charge in [0.1, 0.15) is 5.75 Å². The lowest BCUT2D eigenvalue weighted by Crippen LogP contribution is -2.52. The Hall–Kier alpha value is -0.910. The largest absolute Gasteiger partial charge is 0.451 e. The second kappa shape index (κ2) is 6.05. The van der Waals surface area contributed by atoms with Crippen LogP contribution >= 0.6 is 0 Å². The van der Waals surface area contributed by atoms with E-state index < -0.39 is 51.2 Å². The standard InChI is InChI=1S/C15H21F3O7S/c16-15(17,18)11(6-26(22,23)24)25-12(20)13-2-8-1-9(10(19)5-13)4-14(21,3-8)7-13/h8-11,19,21H,1-7H2,(H,22,23,24). The molecule has 0 radical (unpaired) electrons. The number of alkyl halides is 3. The van der Waals surface area contributed by atoms with Gasteiger partial charge < -0.3 is 14.9 Å². The van der Waals surface area contributed by atoms with Crippen LogP contribution in [-0.2, 0) is 19.6 Å². The summed E-state index contributed by atoms with van der Waals surface area (Å²) in [6.07, 6.45) is -7.96. The molecule has 7 nitrogen and oxygen atoms in total. The Kier molecular flexibility index (Phi) is 4.61. The zero-order valence-corrected chi connectivity index (χ0v) is 14.6. The van der Waals surface area contributed by atoms with Crippen molar-refractivity contribution in [2.24, 2.45) is 17.3 Å². The molecular weight excluding hydrogens is 381 g/mol. The molecule has 6 atom stereocenters. The number of hydrogen-bond donors (Lipinski definition) is 3. The molecule has 0 aromatic rings. The van der Waals surface area contributed by atoms with Crippen LogP contribution < -0.4 is 0 Å². The van der Waals surface area contributed by atoms with Gasteiger partial charge in [0.15, 0.2) is 0 Å². The number of ether oxygens (including phenoxy) is 1. The summed E-state index contributed by atoms with van der Waals surface area (Å²) >= 11 is 0. The molecule has 6 unspecified atom stereocenters. The van der Waals surface area contributed by atoms with Crippen molar-refractivity contribution >= 4 is 16.1 Å². The van der Waals surface area contributed by atoms with Crippen LogP contribution in [0.25, 0.3) is 0 Å². The van der Waals surface area contributed by atoms with Gasteiger partial charge in [-0.3, -0.25) is 9.35 Å². The van der Waals surface area contributed by atoms with E-state index in [1.54, 1.807) is 0 Å². The van der Waals surface area contributed by atoms with Gasteiger partial charge in [0, 0.05) is 0 Å². The number of esters is 1. The minimum Gasteiger partial charge on any atom is -0.451 e. The van der Waals surface area contributed by atoms with Crippen molar-refractivity contribution in [3.8, 4) is 0 Å². The fraction of sp³-hybridized carbons (Fsp3) is 0.933. The van der Waals surface area contributed by atoms with E-state index in [1.165, 1.54) is 0 Å². The van der Waals surface area contributed by atoms with E-state index in [1.807, 2.05) is 0 Å². The van der Waals surface area contributed by atoms with E-state index in [2.05, 4.69) is 4.74 Å². The summed E-state index contributed by atoms with van der Waals surface area (Å²) in [6.45, 7) is 0. The molecule has 4 bridgehead atoms. The topological polar surface area (TPSA) is 121 Å². The lowest BCUT2D eigenvalue weighted by Gasteiger charge is -2.48. The van der Waals surface area contributed by atoms with Crippen LogP contribution in [0, 0.1) is 17.3 Å². The van der Waals surface area contributed by atoms with Gasteiger partial charge in [-0.15, -0.1) is 0 Å². The van der Waals surface area contributed by atoms with Crippen LogP contribution in [0.5, 0.6) is 0 Å². The van der Waals surface area contributed by atoms with E-state index >= 15 is 0 Å². The van der Waals surface area contributed by atoms with Crippen LogP contribution in [0.3, 0.4) is 0 Å². The maximum Gasteiger partial charge on any atom is 0.426 e. The van der Waals surface area contributed by atoms with Crippen LogP contribution in [0.15, 0.2) is 0 Å². The Bertz CT molecular complexity index is 694. The maximum absolute atomic E-state index is 13.1. The molecular formula is C15H21F3O7S. The highest BCUT2D eigenvalue weighted by Gasteiger charge is 2.61. The van der Waals surface area contributed by atoms with Gasteiger partial charge in [-0.05, 0) is 50.4 Å². The first-order valence-corrected chi connectivity index (χ1v) is 9.96. The van der Waals surface area contributed by atoms with Crippen molar-refractivity contribution < 1.29 is 45.9 Å². The highest BCUT2D eigenvalue weighted by Crippen LogP contribution is 2.59. The van der Waals surface area contributed by atoms with Gasteiger partial charge in [0.2, 0.25) is 6.10 Å². The SMILES string of the molecule is O=C(OC(CS(=O)(=O)O)C(F)(F)F)C12CC3CC(CC(O)(C3)C1)C(O)C2. The summed E-state index contributed by atoms with van der Waals surface area (Å²) in [5.41, 5.74) is -2.75. The highest BCUT2D eigenvalue weighted by atomic mass is 32.2. The predicted octanol–water partition coefficient (Wildman–Crippen LogP) is 1.04. The smallest absolute Gasteiger partial charge is 0.426 e. The van der Waals surface area contributed by atoms with Crippen molar-refractivity contribution in [2.75, 3.05) is 5.75 Å². The Morgan fingerprint density at radius 1 is 1.23 bits per heavy atom. The average molecular weight is 402 g/mol. The minimum atomic E-state index is -5.18. The van der Waals surface area contributed by atoms with E-state index in [0.717, 1.165) is 0 Å². The lowest BCUT2D eigenvalue weighted by molar-refractivity contribution is -0.225. The summed E-state index contributed by atoms with van der Waals surface area (Å²) in [6, 6.07) is 0. The summed E-state index contributed by atoms with van der Waals surface area (Å²) < 4.78 is 74.1. The number of rotatable bonds is 4. The first-order chi connectivity index (χ1) is 11.7. The van der Waals surface area contributed by atoms with Crippen molar-refractivity contribution in [1.82, 2.24) is 0 Å². The molecule has 0 spiro atoms. The Labute approximate surface area is 148 Å². The second-order valence-electron chi connectivity index (χ2n) is 8.11. The minimum absolute atomic E-state index is 0.122.